The third-order valence-electron chi connectivity index (χ3n) is 7.12. The Balaban J connectivity index is 1.34. The smallest absolute Gasteiger partial charge is 0.244 e. The number of aromatic nitrogens is 1. The fourth-order valence-electron chi connectivity index (χ4n) is 6.50. The van der Waals surface area contributed by atoms with Gasteiger partial charge in [0.05, 0.1) is 12.5 Å². The predicted octanol–water partition coefficient (Wildman–Crippen LogP) is 4.65. The van der Waals surface area contributed by atoms with E-state index in [1.54, 1.807) is 6.08 Å². The van der Waals surface area contributed by atoms with E-state index in [4.69, 9.17) is 5.26 Å². The minimum atomic E-state index is 0.0378. The summed E-state index contributed by atoms with van der Waals surface area (Å²) in [5.41, 5.74) is 2.20. The first-order valence-corrected chi connectivity index (χ1v) is 10.6. The molecule has 0 spiro atoms. The van der Waals surface area contributed by atoms with Crippen molar-refractivity contribution in [2.75, 3.05) is 0 Å². The Morgan fingerprint density at radius 1 is 1.18 bits per heavy atom. The molecule has 0 atom stereocenters. The number of carbonyl (C=O) groups is 1. The van der Waals surface area contributed by atoms with E-state index in [-0.39, 0.29) is 11.4 Å². The van der Waals surface area contributed by atoms with Crippen molar-refractivity contribution < 1.29 is 4.79 Å². The Labute approximate surface area is 166 Å². The van der Waals surface area contributed by atoms with E-state index >= 15 is 0 Å². The summed E-state index contributed by atoms with van der Waals surface area (Å²) in [6.07, 6.45) is 13.8. The molecule has 0 aliphatic heterocycles. The summed E-state index contributed by atoms with van der Waals surface area (Å²) >= 11 is 0. The van der Waals surface area contributed by atoms with Crippen LogP contribution in [0.3, 0.4) is 0 Å². The molecule has 144 valence electrons. The third-order valence-corrected chi connectivity index (χ3v) is 7.12. The number of amides is 1. The fourth-order valence-corrected chi connectivity index (χ4v) is 6.50. The Morgan fingerprint density at radius 2 is 1.86 bits per heavy atom. The van der Waals surface area contributed by atoms with Gasteiger partial charge >= 0.3 is 0 Å². The molecule has 0 unspecified atom stereocenters. The topological polar surface area (TPSA) is 57.8 Å². The molecule has 2 aromatic rings. The van der Waals surface area contributed by atoms with Gasteiger partial charge in [0, 0.05) is 40.8 Å². The number of hydrogen-bond acceptors (Lipinski definition) is 2. The summed E-state index contributed by atoms with van der Waals surface area (Å²) in [6.45, 7) is 0.671. The van der Waals surface area contributed by atoms with Gasteiger partial charge < -0.3 is 9.88 Å². The van der Waals surface area contributed by atoms with Crippen molar-refractivity contribution in [2.45, 2.75) is 57.0 Å². The van der Waals surface area contributed by atoms with Crippen LogP contribution < -0.4 is 5.32 Å². The highest BCUT2D eigenvalue weighted by Gasteiger charge is 2.51. The SMILES string of the molecule is N#CCCn1cc(/C=C/C(=O)NC23CC4CC(CC(C4)C2)C3)c2ccccc21. The first-order valence-electron chi connectivity index (χ1n) is 10.6. The molecule has 1 aromatic carbocycles. The first kappa shape index (κ1) is 17.6. The Bertz CT molecular complexity index is 942. The molecule has 4 nitrogen and oxygen atoms in total. The highest BCUT2D eigenvalue weighted by molar-refractivity contribution is 5.96. The monoisotopic (exact) mass is 373 g/mol. The average Bonchev–Trinajstić information content (AvgIpc) is 3.01. The highest BCUT2D eigenvalue weighted by Crippen LogP contribution is 2.55. The maximum absolute atomic E-state index is 12.8. The maximum Gasteiger partial charge on any atom is 0.244 e. The molecule has 4 aliphatic rings. The van der Waals surface area contributed by atoms with Crippen molar-refractivity contribution in [3.8, 4) is 6.07 Å². The summed E-state index contributed by atoms with van der Waals surface area (Å²) in [4.78, 5) is 12.8. The lowest BCUT2D eigenvalue weighted by atomic mass is 9.53. The predicted molar refractivity (Wildman–Crippen MR) is 110 cm³/mol. The van der Waals surface area contributed by atoms with Crippen LogP contribution in [0.15, 0.2) is 36.5 Å². The molecule has 6 rings (SSSR count). The van der Waals surface area contributed by atoms with E-state index in [0.717, 1.165) is 34.2 Å². The molecule has 4 heteroatoms. The van der Waals surface area contributed by atoms with Crippen LogP contribution in [0, 0.1) is 29.1 Å². The van der Waals surface area contributed by atoms with Crippen LogP contribution in [0.4, 0.5) is 0 Å². The van der Waals surface area contributed by atoms with Gasteiger partial charge in [-0.25, -0.2) is 0 Å². The molecule has 4 bridgehead atoms. The van der Waals surface area contributed by atoms with Gasteiger partial charge in [-0.1, -0.05) is 18.2 Å². The van der Waals surface area contributed by atoms with Crippen molar-refractivity contribution >= 4 is 22.9 Å². The lowest BCUT2D eigenvalue weighted by Gasteiger charge is -2.56. The van der Waals surface area contributed by atoms with E-state index in [9.17, 15) is 4.79 Å². The van der Waals surface area contributed by atoms with Crippen molar-refractivity contribution in [1.29, 1.82) is 5.26 Å². The number of hydrogen-bond donors (Lipinski definition) is 1. The van der Waals surface area contributed by atoms with Gasteiger partial charge in [0.2, 0.25) is 5.91 Å². The Morgan fingerprint density at radius 3 is 2.54 bits per heavy atom. The number of rotatable bonds is 5. The lowest BCUT2D eigenvalue weighted by Crippen LogP contribution is -2.59. The van der Waals surface area contributed by atoms with Gasteiger partial charge in [-0.15, -0.1) is 0 Å². The van der Waals surface area contributed by atoms with Gasteiger partial charge in [-0.05, 0) is 68.4 Å². The van der Waals surface area contributed by atoms with Crippen molar-refractivity contribution in [1.82, 2.24) is 9.88 Å². The van der Waals surface area contributed by atoms with E-state index in [0.29, 0.717) is 13.0 Å². The molecule has 28 heavy (non-hydrogen) atoms. The molecule has 0 radical (unpaired) electrons. The largest absolute Gasteiger partial charge is 0.347 e. The summed E-state index contributed by atoms with van der Waals surface area (Å²) in [6, 6.07) is 10.4. The van der Waals surface area contributed by atoms with E-state index in [1.807, 2.05) is 18.2 Å². The molecular weight excluding hydrogens is 346 g/mol. The number of nitrogens with one attached hydrogen (secondary N) is 1. The third kappa shape index (κ3) is 3.13. The molecular formula is C24H27N3O. The van der Waals surface area contributed by atoms with Crippen molar-refractivity contribution in [3.63, 3.8) is 0 Å². The van der Waals surface area contributed by atoms with Crippen LogP contribution in [0.25, 0.3) is 17.0 Å². The lowest BCUT2D eigenvalue weighted by molar-refractivity contribution is -0.122. The zero-order valence-electron chi connectivity index (χ0n) is 16.2. The van der Waals surface area contributed by atoms with E-state index in [2.05, 4.69) is 34.3 Å². The van der Waals surface area contributed by atoms with Gasteiger partial charge in [0.15, 0.2) is 0 Å². The summed E-state index contributed by atoms with van der Waals surface area (Å²) in [5.74, 6) is 2.52. The second-order valence-corrected chi connectivity index (χ2v) is 9.22. The standard InChI is InChI=1S/C24H27N3O/c25-8-3-9-27-16-20(21-4-1-2-5-22(21)27)6-7-23(28)26-24-13-17-10-18(14-24)12-19(11-17)15-24/h1-2,4-7,16-19H,3,9-15H2,(H,26,28)/b7-6+. The maximum atomic E-state index is 12.8. The molecule has 1 amide bonds. The Kier molecular flexibility index (Phi) is 4.27. The first-order chi connectivity index (χ1) is 13.6. The second-order valence-electron chi connectivity index (χ2n) is 9.22. The quantitative estimate of drug-likeness (QED) is 0.776. The van der Waals surface area contributed by atoms with Crippen molar-refractivity contribution in [3.05, 3.63) is 42.1 Å². The molecule has 1 heterocycles. The van der Waals surface area contributed by atoms with Gasteiger partial charge in [0.1, 0.15) is 0 Å². The van der Waals surface area contributed by atoms with Crippen LogP contribution >= 0.6 is 0 Å². The highest BCUT2D eigenvalue weighted by atomic mass is 16.1. The van der Waals surface area contributed by atoms with E-state index in [1.165, 1.54) is 38.5 Å². The number of nitriles is 1. The Hall–Kier alpha value is -2.54. The molecule has 4 aliphatic carbocycles. The number of nitrogens with zero attached hydrogens (tertiary/aromatic N) is 2. The van der Waals surface area contributed by atoms with Gasteiger partial charge in [-0.2, -0.15) is 5.26 Å². The fraction of sp³-hybridized carbons (Fsp3) is 0.500. The van der Waals surface area contributed by atoms with Gasteiger partial charge in [-0.3, -0.25) is 4.79 Å². The number of benzene rings is 1. The number of aryl methyl sites for hydroxylation is 1. The van der Waals surface area contributed by atoms with Crippen LogP contribution in [0.5, 0.6) is 0 Å². The van der Waals surface area contributed by atoms with Crippen LogP contribution in [-0.2, 0) is 11.3 Å². The van der Waals surface area contributed by atoms with Crippen LogP contribution in [0.1, 0.15) is 50.5 Å². The summed E-state index contributed by atoms with van der Waals surface area (Å²) < 4.78 is 2.11. The summed E-state index contributed by atoms with van der Waals surface area (Å²) in [7, 11) is 0. The van der Waals surface area contributed by atoms with Crippen LogP contribution in [-0.4, -0.2) is 16.0 Å². The zero-order chi connectivity index (χ0) is 19.1. The second kappa shape index (κ2) is 6.81. The van der Waals surface area contributed by atoms with E-state index < -0.39 is 0 Å². The normalized spacial score (nSPS) is 30.8. The summed E-state index contributed by atoms with van der Waals surface area (Å²) in [5, 5.41) is 13.4. The zero-order valence-corrected chi connectivity index (χ0v) is 16.2. The number of para-hydroxylation sites is 1. The molecule has 1 N–H and O–H groups in total. The van der Waals surface area contributed by atoms with Gasteiger partial charge in [0.25, 0.3) is 0 Å². The minimum absolute atomic E-state index is 0.0378. The number of carbonyl (C=O) groups excluding carboxylic acids is 1. The molecule has 4 fully saturated rings. The van der Waals surface area contributed by atoms with Crippen LogP contribution in [0.2, 0.25) is 0 Å². The molecule has 1 aromatic heterocycles. The minimum Gasteiger partial charge on any atom is -0.347 e. The number of fused-ring (bicyclic) bond motifs is 1. The average molecular weight is 374 g/mol. The molecule has 4 saturated carbocycles. The molecule has 0 saturated heterocycles. The van der Waals surface area contributed by atoms with Crippen molar-refractivity contribution in [2.24, 2.45) is 17.8 Å².